The average molecular weight is 414 g/mol. The molecule has 30 heavy (non-hydrogen) atoms. The lowest BCUT2D eigenvalue weighted by Gasteiger charge is -2.43. The maximum Gasteiger partial charge on any atom is 0.245 e. The minimum absolute atomic E-state index is 0.00246. The Balaban J connectivity index is 1.81. The molecule has 3 N–H and O–H groups in total. The molecule has 1 saturated carbocycles. The molecule has 2 aliphatic carbocycles. The summed E-state index contributed by atoms with van der Waals surface area (Å²) >= 11 is 0. The highest BCUT2D eigenvalue weighted by Crippen LogP contribution is 2.46. The van der Waals surface area contributed by atoms with E-state index in [-0.39, 0.29) is 36.4 Å². The molecule has 3 aliphatic rings. The van der Waals surface area contributed by atoms with Gasteiger partial charge in [-0.25, -0.2) is 0 Å². The lowest BCUT2D eigenvalue weighted by molar-refractivity contribution is -0.127. The van der Waals surface area contributed by atoms with Crippen LogP contribution >= 0.6 is 0 Å². The zero-order valence-corrected chi connectivity index (χ0v) is 18.6. The van der Waals surface area contributed by atoms with Crippen molar-refractivity contribution < 1.29 is 14.4 Å². The van der Waals surface area contributed by atoms with E-state index in [0.29, 0.717) is 0 Å². The van der Waals surface area contributed by atoms with Gasteiger partial charge in [-0.3, -0.25) is 10.1 Å². The van der Waals surface area contributed by atoms with E-state index >= 15 is 0 Å². The quantitative estimate of drug-likeness (QED) is 0.665. The molecule has 1 aromatic heterocycles. The second kappa shape index (κ2) is 8.31. The molecule has 6 heteroatoms. The summed E-state index contributed by atoms with van der Waals surface area (Å²) in [5, 5.41) is 21.2. The molecule has 0 aromatic carbocycles. The average Bonchev–Trinajstić information content (AvgIpc) is 3.22. The molecular weight excluding hydrogens is 378 g/mol. The van der Waals surface area contributed by atoms with Gasteiger partial charge in [-0.15, -0.1) is 0 Å². The number of carbonyl (C=O) groups is 1. The van der Waals surface area contributed by atoms with Crippen molar-refractivity contribution in [3.05, 3.63) is 34.7 Å². The van der Waals surface area contributed by atoms with Crippen molar-refractivity contribution in [3.63, 3.8) is 0 Å². The van der Waals surface area contributed by atoms with Crippen LogP contribution in [0.5, 0.6) is 0 Å². The highest BCUT2D eigenvalue weighted by Gasteiger charge is 2.56. The molecule has 1 amide bonds. The third-order valence-electron chi connectivity index (χ3n) is 7.33. The van der Waals surface area contributed by atoms with Crippen LogP contribution in [0.1, 0.15) is 69.4 Å². The molecule has 0 radical (unpaired) electrons. The number of aliphatic hydroxyl groups is 1. The van der Waals surface area contributed by atoms with Crippen LogP contribution in [-0.4, -0.2) is 40.4 Å². The molecule has 2 fully saturated rings. The Morgan fingerprint density at radius 1 is 1.30 bits per heavy atom. The Bertz CT molecular complexity index is 844. The number of amides is 1. The Morgan fingerprint density at radius 3 is 2.63 bits per heavy atom. The molecule has 0 spiro atoms. The van der Waals surface area contributed by atoms with E-state index in [4.69, 9.17) is 4.52 Å². The fourth-order valence-corrected chi connectivity index (χ4v) is 5.64. The van der Waals surface area contributed by atoms with Gasteiger partial charge in [-0.05, 0) is 56.1 Å². The molecule has 3 atom stereocenters. The van der Waals surface area contributed by atoms with Gasteiger partial charge in [-0.1, -0.05) is 50.4 Å². The number of nitrogens with one attached hydrogen (secondary N) is 2. The summed E-state index contributed by atoms with van der Waals surface area (Å²) in [5.41, 5.74) is 3.34. The zero-order valence-electron chi connectivity index (χ0n) is 18.6. The molecule has 164 valence electrons. The Hall–Kier alpha value is -1.92. The first kappa shape index (κ1) is 21.3. The normalized spacial score (nSPS) is 28.2. The summed E-state index contributed by atoms with van der Waals surface area (Å²) in [4.78, 5) is 13.6. The lowest BCUT2D eigenvalue weighted by atomic mass is 9.68. The predicted octanol–water partition coefficient (Wildman–Crippen LogP) is 3.43. The number of aliphatic hydroxyl groups excluding tert-OH is 1. The summed E-state index contributed by atoms with van der Waals surface area (Å²) in [6.45, 7) is 8.10. The van der Waals surface area contributed by atoms with Crippen molar-refractivity contribution in [2.75, 3.05) is 6.61 Å². The lowest BCUT2D eigenvalue weighted by Crippen LogP contribution is -2.62. The van der Waals surface area contributed by atoms with Crippen LogP contribution in [-0.2, 0) is 4.79 Å². The summed E-state index contributed by atoms with van der Waals surface area (Å²) < 4.78 is 5.41. The van der Waals surface area contributed by atoms with E-state index < -0.39 is 5.54 Å². The number of hydrogen-bond acceptors (Lipinski definition) is 5. The van der Waals surface area contributed by atoms with Crippen molar-refractivity contribution in [1.82, 2.24) is 15.8 Å². The third kappa shape index (κ3) is 3.44. The Kier molecular flexibility index (Phi) is 5.90. The van der Waals surface area contributed by atoms with Gasteiger partial charge in [0.1, 0.15) is 11.3 Å². The van der Waals surface area contributed by atoms with Gasteiger partial charge in [0.15, 0.2) is 0 Å². The second-order valence-corrected chi connectivity index (χ2v) is 9.54. The van der Waals surface area contributed by atoms with E-state index in [1.165, 1.54) is 6.42 Å². The number of carbonyl (C=O) groups excluding carboxylic acids is 1. The molecule has 0 bridgehead atoms. The standard InChI is InChI=1S/C24H35N3O3/c1-14(2)21(13-28)26-24(18-8-6-5-7-9-18)19-12-17(10-11-20(19)25-23(24)29)22-15(3)27-30-16(22)4/h10,12,14,18,20-21,26,28H,5-9,11,13H2,1-4H3,(H,25,29). The number of nitrogens with zero attached hydrogens (tertiary/aromatic N) is 1. The smallest absolute Gasteiger partial charge is 0.245 e. The first-order valence-corrected chi connectivity index (χ1v) is 11.4. The van der Waals surface area contributed by atoms with Gasteiger partial charge in [0.25, 0.3) is 0 Å². The summed E-state index contributed by atoms with van der Waals surface area (Å²) in [7, 11) is 0. The van der Waals surface area contributed by atoms with Gasteiger partial charge in [0.2, 0.25) is 5.91 Å². The summed E-state index contributed by atoms with van der Waals surface area (Å²) in [5.74, 6) is 1.33. The highest BCUT2D eigenvalue weighted by molar-refractivity contribution is 5.97. The number of hydrogen-bond donors (Lipinski definition) is 3. The van der Waals surface area contributed by atoms with E-state index in [9.17, 15) is 9.90 Å². The first-order valence-electron chi connectivity index (χ1n) is 11.4. The molecule has 3 unspecified atom stereocenters. The minimum atomic E-state index is -0.763. The number of aryl methyl sites for hydroxylation is 2. The number of fused-ring (bicyclic) bond motifs is 1. The number of rotatable bonds is 6. The van der Waals surface area contributed by atoms with Crippen LogP contribution < -0.4 is 10.6 Å². The van der Waals surface area contributed by atoms with Crippen LogP contribution in [0, 0.1) is 25.7 Å². The van der Waals surface area contributed by atoms with Gasteiger partial charge in [0, 0.05) is 11.6 Å². The Labute approximate surface area is 179 Å². The van der Waals surface area contributed by atoms with Gasteiger partial charge in [-0.2, -0.15) is 0 Å². The maximum absolute atomic E-state index is 13.6. The molecule has 1 saturated heterocycles. The molecule has 4 rings (SSSR count). The molecule has 1 aromatic rings. The maximum atomic E-state index is 13.6. The molecular formula is C24H35N3O3. The molecule has 1 aliphatic heterocycles. The largest absolute Gasteiger partial charge is 0.395 e. The fourth-order valence-electron chi connectivity index (χ4n) is 5.64. The number of aromatic nitrogens is 1. The minimum Gasteiger partial charge on any atom is -0.395 e. The van der Waals surface area contributed by atoms with Crippen LogP contribution in [0.3, 0.4) is 0 Å². The van der Waals surface area contributed by atoms with Gasteiger partial charge < -0.3 is 14.9 Å². The van der Waals surface area contributed by atoms with Crippen molar-refractivity contribution in [2.24, 2.45) is 11.8 Å². The fraction of sp³-hybridized carbons (Fsp3) is 0.667. The third-order valence-corrected chi connectivity index (χ3v) is 7.33. The SMILES string of the molecule is Cc1noc(C)c1C1=CCC2NC(=O)C(NC(CO)C(C)C)(C3CCCCC3)C2=C1. The van der Waals surface area contributed by atoms with E-state index in [1.807, 2.05) is 13.8 Å². The molecule has 2 heterocycles. The highest BCUT2D eigenvalue weighted by atomic mass is 16.5. The van der Waals surface area contributed by atoms with Gasteiger partial charge >= 0.3 is 0 Å². The number of allylic oxidation sites excluding steroid dienone is 2. The van der Waals surface area contributed by atoms with Crippen LogP contribution in [0.25, 0.3) is 5.57 Å². The van der Waals surface area contributed by atoms with E-state index in [2.05, 4.69) is 41.8 Å². The van der Waals surface area contributed by atoms with Crippen LogP contribution in [0.4, 0.5) is 0 Å². The Morgan fingerprint density at radius 2 is 2.03 bits per heavy atom. The summed E-state index contributed by atoms with van der Waals surface area (Å²) in [6, 6.07) is -0.131. The van der Waals surface area contributed by atoms with Gasteiger partial charge in [0.05, 0.1) is 18.3 Å². The topological polar surface area (TPSA) is 87.4 Å². The van der Waals surface area contributed by atoms with Crippen LogP contribution in [0.2, 0.25) is 0 Å². The van der Waals surface area contributed by atoms with Crippen LogP contribution in [0.15, 0.2) is 22.2 Å². The van der Waals surface area contributed by atoms with E-state index in [0.717, 1.165) is 60.3 Å². The first-order chi connectivity index (χ1) is 14.4. The van der Waals surface area contributed by atoms with Crippen molar-refractivity contribution in [3.8, 4) is 0 Å². The van der Waals surface area contributed by atoms with Crippen molar-refractivity contribution in [2.45, 2.75) is 83.8 Å². The van der Waals surface area contributed by atoms with Crippen molar-refractivity contribution >= 4 is 11.5 Å². The van der Waals surface area contributed by atoms with Crippen molar-refractivity contribution in [1.29, 1.82) is 0 Å². The molecule has 6 nitrogen and oxygen atoms in total. The monoisotopic (exact) mass is 413 g/mol. The van der Waals surface area contributed by atoms with E-state index in [1.54, 1.807) is 0 Å². The second-order valence-electron chi connectivity index (χ2n) is 9.54. The summed E-state index contributed by atoms with van der Waals surface area (Å²) in [6.07, 6.45) is 10.7. The zero-order chi connectivity index (χ0) is 21.5. The predicted molar refractivity (Wildman–Crippen MR) is 117 cm³/mol.